The Labute approximate surface area is 140 Å². The first-order valence-corrected chi connectivity index (χ1v) is 8.10. The first-order valence-electron chi connectivity index (χ1n) is 8.10. The fraction of sp³-hybridized carbons (Fsp3) is 0.444. The van der Waals surface area contributed by atoms with Crippen LogP contribution >= 0.6 is 0 Å². The number of aromatic nitrogens is 1. The van der Waals surface area contributed by atoms with Gasteiger partial charge in [-0.15, -0.1) is 0 Å². The molecule has 0 bridgehead atoms. The molecule has 0 aliphatic carbocycles. The molecule has 0 spiro atoms. The first kappa shape index (κ1) is 16.6. The molecule has 1 aromatic carbocycles. The van der Waals surface area contributed by atoms with Gasteiger partial charge in [-0.25, -0.2) is 4.39 Å². The summed E-state index contributed by atoms with van der Waals surface area (Å²) >= 11 is 0. The number of carbonyl (C=O) groups excluding carboxylic acids is 1. The summed E-state index contributed by atoms with van der Waals surface area (Å²) in [5, 5.41) is 13.9. The van der Waals surface area contributed by atoms with Gasteiger partial charge in [-0.2, -0.15) is 0 Å². The van der Waals surface area contributed by atoms with E-state index >= 15 is 0 Å². The maximum atomic E-state index is 13.5. The van der Waals surface area contributed by atoms with Crippen molar-refractivity contribution in [3.8, 4) is 0 Å². The van der Waals surface area contributed by atoms with E-state index in [1.807, 2.05) is 13.8 Å². The Bertz CT molecular complexity index is 724. The van der Waals surface area contributed by atoms with Crippen LogP contribution in [0.4, 0.5) is 4.39 Å². The average Bonchev–Trinajstić information content (AvgIpc) is 3.08. The van der Waals surface area contributed by atoms with Gasteiger partial charge in [0, 0.05) is 18.5 Å². The van der Waals surface area contributed by atoms with E-state index < -0.39 is 6.10 Å². The number of halogens is 1. The van der Waals surface area contributed by atoms with Crippen LogP contribution in [0.15, 0.2) is 28.8 Å². The fourth-order valence-corrected chi connectivity index (χ4v) is 3.35. The number of hydrogen-bond donors (Lipinski definition) is 1. The van der Waals surface area contributed by atoms with Crippen LogP contribution in [0.3, 0.4) is 0 Å². The molecular formula is C18H21FN2O3. The molecule has 6 heteroatoms. The van der Waals surface area contributed by atoms with Crippen molar-refractivity contribution in [2.24, 2.45) is 0 Å². The predicted octanol–water partition coefficient (Wildman–Crippen LogP) is 2.70. The lowest BCUT2D eigenvalue weighted by Gasteiger charge is -2.25. The van der Waals surface area contributed by atoms with Gasteiger partial charge in [0.2, 0.25) is 5.91 Å². The van der Waals surface area contributed by atoms with Crippen molar-refractivity contribution in [3.63, 3.8) is 0 Å². The van der Waals surface area contributed by atoms with Crippen molar-refractivity contribution in [2.45, 2.75) is 45.3 Å². The largest absolute Gasteiger partial charge is 0.391 e. The third-order valence-corrected chi connectivity index (χ3v) is 4.60. The molecule has 2 atom stereocenters. The number of benzene rings is 1. The normalized spacial score (nSPS) is 20.6. The van der Waals surface area contributed by atoms with Crippen molar-refractivity contribution in [1.29, 1.82) is 0 Å². The van der Waals surface area contributed by atoms with Crippen LogP contribution in [0.5, 0.6) is 0 Å². The SMILES string of the molecule is Cc1noc(C)c1CCC(=O)N1C[C@H](O)C[C@@H]1c1cccc(F)c1. The van der Waals surface area contributed by atoms with Crippen molar-refractivity contribution >= 4 is 5.91 Å². The standard InChI is InChI=1S/C18H21FN2O3/c1-11-16(12(2)24-20-11)6-7-18(23)21-10-15(22)9-17(21)13-4-3-5-14(19)8-13/h3-5,8,15,17,22H,6-7,9-10H2,1-2H3/t15-,17-/m1/s1. The summed E-state index contributed by atoms with van der Waals surface area (Å²) in [5.41, 5.74) is 2.46. The Kier molecular flexibility index (Phi) is 4.66. The highest BCUT2D eigenvalue weighted by Gasteiger charge is 2.35. The Balaban J connectivity index is 1.73. The number of carbonyl (C=O) groups is 1. The van der Waals surface area contributed by atoms with Gasteiger partial charge in [0.1, 0.15) is 11.6 Å². The topological polar surface area (TPSA) is 66.6 Å². The van der Waals surface area contributed by atoms with Gasteiger partial charge in [-0.3, -0.25) is 4.79 Å². The maximum absolute atomic E-state index is 13.5. The summed E-state index contributed by atoms with van der Waals surface area (Å²) in [4.78, 5) is 14.3. The fourth-order valence-electron chi connectivity index (χ4n) is 3.35. The summed E-state index contributed by atoms with van der Waals surface area (Å²) < 4.78 is 18.6. The highest BCUT2D eigenvalue weighted by molar-refractivity contribution is 5.77. The minimum Gasteiger partial charge on any atom is -0.391 e. The van der Waals surface area contributed by atoms with E-state index in [1.54, 1.807) is 17.0 Å². The van der Waals surface area contributed by atoms with E-state index in [-0.39, 0.29) is 24.3 Å². The Morgan fingerprint density at radius 3 is 2.92 bits per heavy atom. The molecule has 5 nitrogen and oxygen atoms in total. The molecule has 0 unspecified atom stereocenters. The van der Waals surface area contributed by atoms with Crippen LogP contribution in [-0.2, 0) is 11.2 Å². The van der Waals surface area contributed by atoms with Gasteiger partial charge in [-0.05, 0) is 44.4 Å². The Hall–Kier alpha value is -2.21. The van der Waals surface area contributed by atoms with E-state index in [4.69, 9.17) is 4.52 Å². The summed E-state index contributed by atoms with van der Waals surface area (Å²) in [5.74, 6) is 0.334. The highest BCUT2D eigenvalue weighted by atomic mass is 19.1. The van der Waals surface area contributed by atoms with Crippen LogP contribution in [0, 0.1) is 19.7 Å². The van der Waals surface area contributed by atoms with E-state index in [2.05, 4.69) is 5.16 Å². The second kappa shape index (κ2) is 6.73. The number of β-amino-alcohol motifs (C(OH)–C–C–N with tert-alkyl or cyclic N) is 1. The summed E-state index contributed by atoms with van der Waals surface area (Å²) in [6.07, 6.45) is 0.700. The molecule has 2 heterocycles. The van der Waals surface area contributed by atoms with Crippen molar-refractivity contribution in [2.75, 3.05) is 6.54 Å². The number of aliphatic hydroxyl groups excluding tert-OH is 1. The van der Waals surface area contributed by atoms with E-state index in [1.165, 1.54) is 12.1 Å². The monoisotopic (exact) mass is 332 g/mol. The number of amides is 1. The summed E-state index contributed by atoms with van der Waals surface area (Å²) in [7, 11) is 0. The smallest absolute Gasteiger partial charge is 0.223 e. The number of nitrogens with zero attached hydrogens (tertiary/aromatic N) is 2. The van der Waals surface area contributed by atoms with Gasteiger partial charge >= 0.3 is 0 Å². The van der Waals surface area contributed by atoms with Crippen LogP contribution < -0.4 is 0 Å². The lowest BCUT2D eigenvalue weighted by molar-refractivity contribution is -0.132. The summed E-state index contributed by atoms with van der Waals surface area (Å²) in [6.45, 7) is 3.96. The first-order chi connectivity index (χ1) is 11.5. The minimum atomic E-state index is -0.582. The molecular weight excluding hydrogens is 311 g/mol. The third kappa shape index (κ3) is 3.33. The molecule has 1 amide bonds. The van der Waals surface area contributed by atoms with Crippen molar-refractivity contribution < 1.29 is 18.8 Å². The molecule has 1 saturated heterocycles. The zero-order valence-corrected chi connectivity index (χ0v) is 13.8. The molecule has 1 aromatic heterocycles. The second-order valence-corrected chi connectivity index (χ2v) is 6.31. The van der Waals surface area contributed by atoms with E-state index in [0.717, 1.165) is 22.6 Å². The zero-order chi connectivity index (χ0) is 17.3. The number of aliphatic hydroxyl groups is 1. The highest BCUT2D eigenvalue weighted by Crippen LogP contribution is 2.33. The molecule has 1 aliphatic heterocycles. The third-order valence-electron chi connectivity index (χ3n) is 4.60. The molecule has 0 radical (unpaired) electrons. The van der Waals surface area contributed by atoms with E-state index in [0.29, 0.717) is 19.3 Å². The van der Waals surface area contributed by atoms with Gasteiger partial charge in [-0.1, -0.05) is 17.3 Å². The number of hydrogen-bond acceptors (Lipinski definition) is 4. The van der Waals surface area contributed by atoms with Crippen LogP contribution in [-0.4, -0.2) is 33.7 Å². The number of aryl methyl sites for hydroxylation is 2. The molecule has 0 saturated carbocycles. The number of rotatable bonds is 4. The van der Waals surface area contributed by atoms with Gasteiger partial charge in [0.05, 0.1) is 17.8 Å². The van der Waals surface area contributed by atoms with Crippen molar-refractivity contribution in [1.82, 2.24) is 10.1 Å². The lowest BCUT2D eigenvalue weighted by Crippen LogP contribution is -2.32. The molecule has 3 rings (SSSR count). The van der Waals surface area contributed by atoms with Crippen molar-refractivity contribution in [3.05, 3.63) is 52.7 Å². The zero-order valence-electron chi connectivity index (χ0n) is 13.8. The van der Waals surface area contributed by atoms with Gasteiger partial charge < -0.3 is 14.5 Å². The lowest BCUT2D eigenvalue weighted by atomic mass is 10.0. The maximum Gasteiger partial charge on any atom is 0.223 e. The number of likely N-dealkylation sites (tertiary alicyclic amines) is 1. The molecule has 1 N–H and O–H groups in total. The van der Waals surface area contributed by atoms with Gasteiger partial charge in [0.15, 0.2) is 0 Å². The molecule has 2 aromatic rings. The van der Waals surface area contributed by atoms with Crippen LogP contribution in [0.25, 0.3) is 0 Å². The predicted molar refractivity (Wildman–Crippen MR) is 85.8 cm³/mol. The van der Waals surface area contributed by atoms with Crippen LogP contribution in [0.1, 0.15) is 41.5 Å². The average molecular weight is 332 g/mol. The molecule has 1 aliphatic rings. The minimum absolute atomic E-state index is 0.0548. The summed E-state index contributed by atoms with van der Waals surface area (Å²) in [6, 6.07) is 5.94. The van der Waals surface area contributed by atoms with Crippen LogP contribution in [0.2, 0.25) is 0 Å². The second-order valence-electron chi connectivity index (χ2n) is 6.31. The molecule has 128 valence electrons. The van der Waals surface area contributed by atoms with E-state index in [9.17, 15) is 14.3 Å². The van der Waals surface area contributed by atoms with Gasteiger partial charge in [0.25, 0.3) is 0 Å². The molecule has 24 heavy (non-hydrogen) atoms. The molecule has 1 fully saturated rings. The quantitative estimate of drug-likeness (QED) is 0.935. The Morgan fingerprint density at radius 1 is 1.46 bits per heavy atom. The Morgan fingerprint density at radius 2 is 2.25 bits per heavy atom.